The van der Waals surface area contributed by atoms with Gasteiger partial charge in [-0.3, -0.25) is 4.79 Å². The summed E-state index contributed by atoms with van der Waals surface area (Å²) in [6, 6.07) is 1.59. The fourth-order valence-electron chi connectivity index (χ4n) is 1.00. The largest absolute Gasteiger partial charge is 0.493 e. The average molecular weight is 183 g/mol. The highest BCUT2D eigenvalue weighted by Crippen LogP contribution is 2.08. The van der Waals surface area contributed by atoms with Gasteiger partial charge in [0.2, 0.25) is 11.8 Å². The van der Waals surface area contributed by atoms with Crippen LogP contribution >= 0.6 is 0 Å². The van der Waals surface area contributed by atoms with Gasteiger partial charge in [-0.2, -0.15) is 5.10 Å². The lowest BCUT2D eigenvalue weighted by molar-refractivity contribution is -0.118. The number of hydrogen-bond acceptors (Lipinski definition) is 3. The Balaban J connectivity index is 2.41. The molecule has 1 heterocycles. The maximum Gasteiger partial charge on any atom is 0.216 e. The molecular formula is C8H13N3O2. The molecule has 0 aromatic carbocycles. The monoisotopic (exact) mass is 183 g/mol. The highest BCUT2D eigenvalue weighted by molar-refractivity contribution is 5.72. The van der Waals surface area contributed by atoms with E-state index in [1.807, 2.05) is 0 Å². The van der Waals surface area contributed by atoms with Crippen LogP contribution in [0.4, 0.5) is 0 Å². The first-order valence-electron chi connectivity index (χ1n) is 4.06. The summed E-state index contributed by atoms with van der Waals surface area (Å²) in [6.45, 7) is 2.02. The first-order valence-corrected chi connectivity index (χ1v) is 4.06. The lowest BCUT2D eigenvalue weighted by Crippen LogP contribution is -2.22. The molecule has 0 bridgehead atoms. The van der Waals surface area contributed by atoms with Gasteiger partial charge in [-0.1, -0.05) is 0 Å². The fraction of sp³-hybridized carbons (Fsp3) is 0.500. The van der Waals surface area contributed by atoms with Crippen LogP contribution in [-0.2, 0) is 18.3 Å². The third kappa shape index (κ3) is 2.77. The molecule has 1 amide bonds. The topological polar surface area (TPSA) is 67.2 Å². The number of nitrogens with zero attached hydrogens (tertiary/aromatic N) is 2. The van der Waals surface area contributed by atoms with Crippen molar-refractivity contribution >= 4 is 5.91 Å². The molecule has 0 atom stereocenters. The molecule has 0 aliphatic heterocycles. The summed E-state index contributed by atoms with van der Waals surface area (Å²) in [6.07, 6.45) is 0.633. The quantitative estimate of drug-likeness (QED) is 0.682. The standard InChI is InChI=1S/C8H13N3O2/c1-6(12)9-4-3-7-5-8(13)11(2)10-7/h5,13H,3-4H2,1-2H3,(H,9,12). The van der Waals surface area contributed by atoms with Crippen molar-refractivity contribution in [2.45, 2.75) is 13.3 Å². The second-order valence-corrected chi connectivity index (χ2v) is 2.85. The van der Waals surface area contributed by atoms with Crippen LogP contribution in [0, 0.1) is 0 Å². The summed E-state index contributed by atoms with van der Waals surface area (Å²) < 4.78 is 1.39. The molecule has 13 heavy (non-hydrogen) atoms. The molecule has 0 aliphatic carbocycles. The SMILES string of the molecule is CC(=O)NCCc1cc(O)n(C)n1. The van der Waals surface area contributed by atoms with E-state index in [0.29, 0.717) is 13.0 Å². The van der Waals surface area contributed by atoms with E-state index in [1.54, 1.807) is 13.1 Å². The van der Waals surface area contributed by atoms with Crippen molar-refractivity contribution in [2.75, 3.05) is 6.54 Å². The molecule has 72 valence electrons. The average Bonchev–Trinajstić information content (AvgIpc) is 2.30. The third-order valence-corrected chi connectivity index (χ3v) is 1.66. The maximum atomic E-state index is 10.5. The number of aromatic nitrogens is 2. The normalized spacial score (nSPS) is 10.0. The number of hydrogen-bond donors (Lipinski definition) is 2. The van der Waals surface area contributed by atoms with E-state index in [4.69, 9.17) is 5.11 Å². The van der Waals surface area contributed by atoms with E-state index >= 15 is 0 Å². The molecule has 0 fully saturated rings. The molecule has 1 aromatic rings. The summed E-state index contributed by atoms with van der Waals surface area (Å²) >= 11 is 0. The number of carbonyl (C=O) groups is 1. The van der Waals surface area contributed by atoms with Crippen LogP contribution in [0.3, 0.4) is 0 Å². The molecule has 1 aromatic heterocycles. The number of amides is 1. The van der Waals surface area contributed by atoms with Gasteiger partial charge in [0.15, 0.2) is 0 Å². The molecule has 5 nitrogen and oxygen atoms in total. The smallest absolute Gasteiger partial charge is 0.216 e. The Morgan fingerprint density at radius 2 is 2.46 bits per heavy atom. The van der Waals surface area contributed by atoms with Crippen LogP contribution in [0.15, 0.2) is 6.07 Å². The van der Waals surface area contributed by atoms with E-state index in [2.05, 4.69) is 10.4 Å². The molecule has 5 heteroatoms. The second-order valence-electron chi connectivity index (χ2n) is 2.85. The Kier molecular flexibility index (Phi) is 2.89. The first-order chi connectivity index (χ1) is 6.09. The summed E-state index contributed by atoms with van der Waals surface area (Å²) in [4.78, 5) is 10.5. The van der Waals surface area contributed by atoms with Crippen LogP contribution in [0.2, 0.25) is 0 Å². The lowest BCUT2D eigenvalue weighted by atomic mass is 10.3. The van der Waals surface area contributed by atoms with Crippen LogP contribution in [-0.4, -0.2) is 27.3 Å². The van der Waals surface area contributed by atoms with Crippen molar-refractivity contribution in [3.8, 4) is 5.88 Å². The van der Waals surface area contributed by atoms with E-state index in [9.17, 15) is 4.79 Å². The number of aryl methyl sites for hydroxylation is 1. The van der Waals surface area contributed by atoms with Gasteiger partial charge in [0.1, 0.15) is 0 Å². The molecule has 0 spiro atoms. The van der Waals surface area contributed by atoms with Gasteiger partial charge in [0.25, 0.3) is 0 Å². The van der Waals surface area contributed by atoms with Crippen molar-refractivity contribution in [2.24, 2.45) is 7.05 Å². The highest BCUT2D eigenvalue weighted by atomic mass is 16.3. The Bertz CT molecular complexity index is 287. The molecule has 1 rings (SSSR count). The zero-order valence-corrected chi connectivity index (χ0v) is 7.74. The number of rotatable bonds is 3. The summed E-state index contributed by atoms with van der Waals surface area (Å²) in [7, 11) is 1.66. The minimum atomic E-state index is -0.0554. The number of nitrogens with one attached hydrogen (secondary N) is 1. The molecule has 0 radical (unpaired) electrons. The van der Waals surface area contributed by atoms with E-state index in [1.165, 1.54) is 11.6 Å². The van der Waals surface area contributed by atoms with Gasteiger partial charge < -0.3 is 10.4 Å². The van der Waals surface area contributed by atoms with Crippen molar-refractivity contribution < 1.29 is 9.90 Å². The van der Waals surface area contributed by atoms with Crippen LogP contribution in [0.25, 0.3) is 0 Å². The third-order valence-electron chi connectivity index (χ3n) is 1.66. The Labute approximate surface area is 76.4 Å². The lowest BCUT2D eigenvalue weighted by Gasteiger charge is -1.97. The molecule has 0 saturated carbocycles. The van der Waals surface area contributed by atoms with Crippen molar-refractivity contribution in [1.82, 2.24) is 15.1 Å². The van der Waals surface area contributed by atoms with Crippen molar-refractivity contribution in [1.29, 1.82) is 0 Å². The minimum absolute atomic E-state index is 0.0554. The predicted molar refractivity (Wildman–Crippen MR) is 47.3 cm³/mol. The molecule has 0 aliphatic rings. The summed E-state index contributed by atoms with van der Waals surface area (Å²) in [5, 5.41) is 15.8. The van der Waals surface area contributed by atoms with Crippen LogP contribution < -0.4 is 5.32 Å². The van der Waals surface area contributed by atoms with E-state index in [0.717, 1.165) is 5.69 Å². The van der Waals surface area contributed by atoms with Gasteiger partial charge >= 0.3 is 0 Å². The highest BCUT2D eigenvalue weighted by Gasteiger charge is 2.02. The fourth-order valence-corrected chi connectivity index (χ4v) is 1.00. The van der Waals surface area contributed by atoms with E-state index in [-0.39, 0.29) is 11.8 Å². The molecular weight excluding hydrogens is 170 g/mol. The van der Waals surface area contributed by atoms with Crippen molar-refractivity contribution in [3.63, 3.8) is 0 Å². The van der Waals surface area contributed by atoms with Crippen LogP contribution in [0.1, 0.15) is 12.6 Å². The predicted octanol–water partition coefficient (Wildman–Crippen LogP) is -0.196. The first kappa shape index (κ1) is 9.57. The van der Waals surface area contributed by atoms with Gasteiger partial charge in [0.05, 0.1) is 5.69 Å². The Morgan fingerprint density at radius 3 is 2.92 bits per heavy atom. The van der Waals surface area contributed by atoms with Gasteiger partial charge in [-0.25, -0.2) is 4.68 Å². The Hall–Kier alpha value is -1.52. The number of aromatic hydroxyl groups is 1. The van der Waals surface area contributed by atoms with Crippen LogP contribution in [0.5, 0.6) is 5.88 Å². The van der Waals surface area contributed by atoms with E-state index < -0.39 is 0 Å². The minimum Gasteiger partial charge on any atom is -0.493 e. The molecule has 0 unspecified atom stereocenters. The zero-order valence-electron chi connectivity index (χ0n) is 7.74. The molecule has 2 N–H and O–H groups in total. The van der Waals surface area contributed by atoms with Gasteiger partial charge in [0, 0.05) is 33.0 Å². The maximum absolute atomic E-state index is 10.5. The summed E-state index contributed by atoms with van der Waals surface area (Å²) in [5.74, 6) is 0.0815. The second kappa shape index (κ2) is 3.93. The zero-order chi connectivity index (χ0) is 9.84. The van der Waals surface area contributed by atoms with Gasteiger partial charge in [-0.15, -0.1) is 0 Å². The Morgan fingerprint density at radius 1 is 1.77 bits per heavy atom. The summed E-state index contributed by atoms with van der Waals surface area (Å²) in [5.41, 5.74) is 0.772. The number of carbonyl (C=O) groups excluding carboxylic acids is 1. The molecule has 0 saturated heterocycles. The van der Waals surface area contributed by atoms with Gasteiger partial charge in [-0.05, 0) is 0 Å². The van der Waals surface area contributed by atoms with Crippen molar-refractivity contribution in [3.05, 3.63) is 11.8 Å².